The molecule has 2 atom stereocenters. The maximum Gasteiger partial charge on any atom is 0.412 e. The van der Waals surface area contributed by atoms with Crippen molar-refractivity contribution in [1.82, 2.24) is 0 Å². The first-order chi connectivity index (χ1) is 13.4. The number of nitrogens with one attached hydrogen (secondary N) is 1. The number of hydrogen-bond donors (Lipinski definition) is 3. The van der Waals surface area contributed by atoms with Gasteiger partial charge in [0, 0.05) is 23.8 Å². The van der Waals surface area contributed by atoms with Crippen molar-refractivity contribution in [2.75, 3.05) is 18.7 Å². The van der Waals surface area contributed by atoms with E-state index >= 15 is 0 Å². The van der Waals surface area contributed by atoms with Crippen LogP contribution in [0.1, 0.15) is 11.7 Å². The van der Waals surface area contributed by atoms with Crippen molar-refractivity contribution < 1.29 is 29.3 Å². The zero-order valence-corrected chi connectivity index (χ0v) is 16.2. The van der Waals surface area contributed by atoms with Crippen molar-refractivity contribution in [2.24, 2.45) is 0 Å². The predicted molar refractivity (Wildman–Crippen MR) is 107 cm³/mol. The Labute approximate surface area is 167 Å². The molecule has 0 heterocycles. The molecule has 28 heavy (non-hydrogen) atoms. The van der Waals surface area contributed by atoms with Crippen LogP contribution in [-0.2, 0) is 14.3 Å². The maximum absolute atomic E-state index is 12.4. The van der Waals surface area contributed by atoms with Gasteiger partial charge in [-0.1, -0.05) is 12.1 Å². The van der Waals surface area contributed by atoms with Crippen LogP contribution in [0.4, 0.5) is 10.5 Å². The second kappa shape index (κ2) is 10.4. The van der Waals surface area contributed by atoms with Crippen LogP contribution in [0.15, 0.2) is 65.6 Å². The van der Waals surface area contributed by atoms with Crippen molar-refractivity contribution in [2.45, 2.75) is 17.1 Å². The van der Waals surface area contributed by atoms with E-state index < -0.39 is 24.3 Å². The fraction of sp³-hybridized carbons (Fsp3) is 0.200. The van der Waals surface area contributed by atoms with Crippen LogP contribution in [0.25, 0.3) is 0 Å². The lowest BCUT2D eigenvalue weighted by Gasteiger charge is -2.24. The van der Waals surface area contributed by atoms with Gasteiger partial charge in [-0.05, 0) is 54.3 Å². The molecule has 0 aliphatic heterocycles. The van der Waals surface area contributed by atoms with E-state index in [4.69, 9.17) is 14.6 Å². The number of methoxy groups -OCH3 is 1. The van der Waals surface area contributed by atoms with Gasteiger partial charge in [-0.3, -0.25) is 5.32 Å². The van der Waals surface area contributed by atoms with Crippen molar-refractivity contribution in [3.63, 3.8) is 0 Å². The number of benzene rings is 2. The molecule has 0 aliphatic rings. The van der Waals surface area contributed by atoms with E-state index in [0.717, 1.165) is 11.0 Å². The standard InChI is InChI=1S/C20H21NO6S/c1-26-17(11-12-18(23)24)19(13-3-7-15(22)8-4-13)27-20(25)21-14-5-9-16(28-2)10-6-14/h3-12,17,19,22H,1-2H3,(H,21,25)(H,23,24)/b12-11+/t17-,19-/m1/s1. The van der Waals surface area contributed by atoms with E-state index in [-0.39, 0.29) is 5.75 Å². The van der Waals surface area contributed by atoms with Crippen LogP contribution in [0.2, 0.25) is 0 Å². The molecule has 0 aromatic heterocycles. The van der Waals surface area contributed by atoms with Gasteiger partial charge in [0.1, 0.15) is 11.9 Å². The SMILES string of the molecule is CO[C@H](/C=C/C(=O)O)[C@H](OC(=O)Nc1ccc(SC)cc1)c1ccc(O)cc1. The lowest BCUT2D eigenvalue weighted by atomic mass is 10.0. The Balaban J connectivity index is 2.20. The fourth-order valence-electron chi connectivity index (χ4n) is 2.41. The molecule has 0 spiro atoms. The molecule has 0 saturated heterocycles. The first kappa shape index (κ1) is 21.3. The largest absolute Gasteiger partial charge is 0.508 e. The average Bonchev–Trinajstić information content (AvgIpc) is 2.68. The molecular formula is C20H21NO6S. The molecule has 0 fully saturated rings. The van der Waals surface area contributed by atoms with Crippen molar-refractivity contribution in [1.29, 1.82) is 0 Å². The monoisotopic (exact) mass is 403 g/mol. The lowest BCUT2D eigenvalue weighted by molar-refractivity contribution is -0.131. The molecule has 3 N–H and O–H groups in total. The molecule has 1 amide bonds. The lowest BCUT2D eigenvalue weighted by Crippen LogP contribution is -2.27. The maximum atomic E-state index is 12.4. The number of hydrogen-bond acceptors (Lipinski definition) is 6. The Morgan fingerprint density at radius 2 is 1.75 bits per heavy atom. The molecule has 0 saturated carbocycles. The van der Waals surface area contributed by atoms with Crippen LogP contribution in [0.5, 0.6) is 5.75 Å². The van der Waals surface area contributed by atoms with Crippen LogP contribution < -0.4 is 5.32 Å². The molecule has 148 valence electrons. The quantitative estimate of drug-likeness (QED) is 0.451. The van der Waals surface area contributed by atoms with Gasteiger partial charge in [-0.2, -0.15) is 0 Å². The van der Waals surface area contributed by atoms with E-state index in [9.17, 15) is 14.7 Å². The highest BCUT2D eigenvalue weighted by Gasteiger charge is 2.26. The van der Waals surface area contributed by atoms with Gasteiger partial charge in [-0.15, -0.1) is 11.8 Å². The number of phenolic OH excluding ortho intramolecular Hbond substituents is 1. The second-order valence-corrected chi connectivity index (χ2v) is 6.55. The summed E-state index contributed by atoms with van der Waals surface area (Å²) >= 11 is 1.58. The van der Waals surface area contributed by atoms with Gasteiger partial charge in [0.05, 0.1) is 0 Å². The van der Waals surface area contributed by atoms with Gasteiger partial charge in [0.25, 0.3) is 0 Å². The number of carbonyl (C=O) groups is 2. The molecule has 2 aromatic carbocycles. The van der Waals surface area contributed by atoms with Gasteiger partial charge in [-0.25, -0.2) is 9.59 Å². The highest BCUT2D eigenvalue weighted by atomic mass is 32.2. The first-order valence-electron chi connectivity index (χ1n) is 8.27. The smallest absolute Gasteiger partial charge is 0.412 e. The van der Waals surface area contributed by atoms with E-state index in [1.807, 2.05) is 18.4 Å². The van der Waals surface area contributed by atoms with Crippen molar-refractivity contribution in [3.05, 3.63) is 66.2 Å². The number of thioether (sulfide) groups is 1. The number of ether oxygens (including phenoxy) is 2. The van der Waals surface area contributed by atoms with Crippen LogP contribution in [0, 0.1) is 0 Å². The summed E-state index contributed by atoms with van der Waals surface area (Å²) in [5, 5.41) is 21.0. The topological polar surface area (TPSA) is 105 Å². The van der Waals surface area contributed by atoms with E-state index in [1.165, 1.54) is 25.3 Å². The minimum absolute atomic E-state index is 0.0517. The molecule has 0 unspecified atom stereocenters. The molecule has 8 heteroatoms. The Bertz CT molecular complexity index is 820. The summed E-state index contributed by atoms with van der Waals surface area (Å²) in [4.78, 5) is 24.3. The fourth-order valence-corrected chi connectivity index (χ4v) is 2.81. The number of phenols is 1. The molecule has 0 radical (unpaired) electrons. The summed E-state index contributed by atoms with van der Waals surface area (Å²) in [6, 6.07) is 13.3. The van der Waals surface area contributed by atoms with E-state index in [0.29, 0.717) is 11.3 Å². The number of aliphatic carboxylic acids is 1. The molecule has 0 aliphatic carbocycles. The number of amides is 1. The highest BCUT2D eigenvalue weighted by Crippen LogP contribution is 2.27. The molecule has 2 rings (SSSR count). The summed E-state index contributed by atoms with van der Waals surface area (Å²) in [5.74, 6) is -1.10. The summed E-state index contributed by atoms with van der Waals surface area (Å²) in [6.07, 6.45) is 1.68. The molecular weight excluding hydrogens is 382 g/mol. The minimum atomic E-state index is -1.15. The number of anilines is 1. The van der Waals surface area contributed by atoms with E-state index in [1.54, 1.807) is 36.0 Å². The zero-order valence-electron chi connectivity index (χ0n) is 15.4. The number of carboxylic acids is 1. The van der Waals surface area contributed by atoms with Gasteiger partial charge >= 0.3 is 12.1 Å². The number of carboxylic acid groups (broad SMARTS) is 1. The minimum Gasteiger partial charge on any atom is -0.508 e. The summed E-state index contributed by atoms with van der Waals surface area (Å²) in [5.41, 5.74) is 1.09. The second-order valence-electron chi connectivity index (χ2n) is 5.67. The summed E-state index contributed by atoms with van der Waals surface area (Å²) in [7, 11) is 1.38. The van der Waals surface area contributed by atoms with Gasteiger partial charge in [0.15, 0.2) is 6.10 Å². The number of carbonyl (C=O) groups excluding carboxylic acids is 1. The van der Waals surface area contributed by atoms with E-state index in [2.05, 4.69) is 5.32 Å². The number of rotatable bonds is 8. The predicted octanol–water partition coefficient (Wildman–Crippen LogP) is 4.06. The third-order valence-electron chi connectivity index (χ3n) is 3.79. The Hall–Kier alpha value is -2.97. The Kier molecular flexibility index (Phi) is 7.91. The molecule has 7 nitrogen and oxygen atoms in total. The summed E-state index contributed by atoms with van der Waals surface area (Å²) < 4.78 is 10.8. The van der Waals surface area contributed by atoms with Gasteiger partial charge < -0.3 is 19.7 Å². The normalized spacial score (nSPS) is 13.1. The van der Waals surface area contributed by atoms with Crippen LogP contribution in [-0.4, -0.2) is 41.7 Å². The summed E-state index contributed by atoms with van der Waals surface area (Å²) in [6.45, 7) is 0. The number of aromatic hydroxyl groups is 1. The molecule has 2 aromatic rings. The first-order valence-corrected chi connectivity index (χ1v) is 9.50. The zero-order chi connectivity index (χ0) is 20.5. The van der Waals surface area contributed by atoms with Crippen molar-refractivity contribution >= 4 is 29.5 Å². The average molecular weight is 403 g/mol. The van der Waals surface area contributed by atoms with Gasteiger partial charge in [0.2, 0.25) is 0 Å². The Morgan fingerprint density at radius 3 is 2.29 bits per heavy atom. The third kappa shape index (κ3) is 6.33. The van der Waals surface area contributed by atoms with Crippen molar-refractivity contribution in [3.8, 4) is 5.75 Å². The molecule has 0 bridgehead atoms. The van der Waals surface area contributed by atoms with Crippen LogP contribution >= 0.6 is 11.8 Å². The third-order valence-corrected chi connectivity index (χ3v) is 4.53. The van der Waals surface area contributed by atoms with Crippen LogP contribution in [0.3, 0.4) is 0 Å². The Morgan fingerprint density at radius 1 is 1.11 bits per heavy atom. The highest BCUT2D eigenvalue weighted by molar-refractivity contribution is 7.98.